The van der Waals surface area contributed by atoms with E-state index in [2.05, 4.69) is 63.0 Å². The maximum Gasteiger partial charge on any atom is 0.266 e. The van der Waals surface area contributed by atoms with Crippen molar-refractivity contribution in [3.8, 4) is 0 Å². The van der Waals surface area contributed by atoms with E-state index in [1.54, 1.807) is 11.9 Å². The first kappa shape index (κ1) is 18.5. The summed E-state index contributed by atoms with van der Waals surface area (Å²) in [6.07, 6.45) is 1.94. The Hall–Kier alpha value is -2.33. The van der Waals surface area contributed by atoms with Gasteiger partial charge in [0.05, 0.1) is 10.6 Å². The van der Waals surface area contributed by atoms with Gasteiger partial charge in [-0.3, -0.25) is 9.69 Å². The molecule has 0 aromatic heterocycles. The summed E-state index contributed by atoms with van der Waals surface area (Å²) in [7, 11) is 1.78. The highest BCUT2D eigenvalue weighted by Gasteiger charge is 2.30. The third-order valence-electron chi connectivity index (χ3n) is 4.62. The van der Waals surface area contributed by atoms with Crippen molar-refractivity contribution in [1.82, 2.24) is 4.90 Å². The number of benzene rings is 2. The van der Waals surface area contributed by atoms with Crippen LogP contribution in [0.5, 0.6) is 0 Å². The lowest BCUT2D eigenvalue weighted by Crippen LogP contribution is -2.23. The Morgan fingerprint density at radius 2 is 1.73 bits per heavy atom. The first-order chi connectivity index (χ1) is 12.3. The maximum atomic E-state index is 12.6. The zero-order valence-corrected chi connectivity index (χ0v) is 16.7. The minimum absolute atomic E-state index is 0.00878. The molecule has 1 aliphatic rings. The molecule has 1 amide bonds. The van der Waals surface area contributed by atoms with Gasteiger partial charge in [-0.15, -0.1) is 0 Å². The van der Waals surface area contributed by atoms with Gasteiger partial charge >= 0.3 is 0 Å². The normalized spacial score (nSPS) is 17.8. The van der Waals surface area contributed by atoms with Crippen molar-refractivity contribution in [3.63, 3.8) is 0 Å². The van der Waals surface area contributed by atoms with Gasteiger partial charge in [0.25, 0.3) is 5.91 Å². The van der Waals surface area contributed by atoms with E-state index in [1.165, 1.54) is 28.5 Å². The second-order valence-corrected chi connectivity index (χ2v) is 7.97. The van der Waals surface area contributed by atoms with Crippen LogP contribution in [-0.4, -0.2) is 23.0 Å². The molecule has 134 valence electrons. The number of amides is 1. The molecule has 0 saturated carbocycles. The first-order valence-electron chi connectivity index (χ1n) is 8.78. The largest absolute Gasteiger partial charge is 0.290 e. The monoisotopic (exact) mass is 364 g/mol. The molecule has 3 nitrogen and oxygen atoms in total. The Labute approximate surface area is 159 Å². The number of aliphatic imine (C=N–C) groups is 1. The molecule has 26 heavy (non-hydrogen) atoms. The highest BCUT2D eigenvalue weighted by atomic mass is 32.2. The molecule has 0 radical (unpaired) electrons. The SMILES string of the molecule is Cc1ccc(N=C2S/C(=C/c3ccc(C(C)C)cc3)C(=O)N2C)cc1C. The number of rotatable bonds is 3. The van der Waals surface area contributed by atoms with Gasteiger partial charge in [-0.05, 0) is 72.0 Å². The molecule has 2 aromatic rings. The van der Waals surface area contributed by atoms with Crippen LogP contribution >= 0.6 is 11.8 Å². The van der Waals surface area contributed by atoms with Crippen molar-refractivity contribution < 1.29 is 4.79 Å². The van der Waals surface area contributed by atoms with Crippen molar-refractivity contribution in [2.24, 2.45) is 4.99 Å². The standard InChI is InChI=1S/C22H24N2OS/c1-14(2)18-9-7-17(8-10-18)13-20-21(25)24(5)22(26-20)23-19-11-6-15(3)16(4)12-19/h6-14H,1-5H3/b20-13+,23-22?. The number of carbonyl (C=O) groups excluding carboxylic acids is 1. The number of hydrogen-bond acceptors (Lipinski definition) is 3. The van der Waals surface area contributed by atoms with Crippen LogP contribution < -0.4 is 0 Å². The summed E-state index contributed by atoms with van der Waals surface area (Å²) in [5.74, 6) is 0.493. The summed E-state index contributed by atoms with van der Waals surface area (Å²) in [6, 6.07) is 14.5. The van der Waals surface area contributed by atoms with Gasteiger partial charge in [0.15, 0.2) is 5.17 Å². The first-order valence-corrected chi connectivity index (χ1v) is 9.60. The van der Waals surface area contributed by atoms with E-state index in [0.717, 1.165) is 11.3 Å². The Morgan fingerprint density at radius 1 is 1.04 bits per heavy atom. The smallest absolute Gasteiger partial charge is 0.266 e. The lowest BCUT2D eigenvalue weighted by atomic mass is 10.0. The van der Waals surface area contributed by atoms with Gasteiger partial charge in [-0.2, -0.15) is 0 Å². The molecule has 0 aliphatic carbocycles. The van der Waals surface area contributed by atoms with E-state index in [4.69, 9.17) is 0 Å². The zero-order valence-electron chi connectivity index (χ0n) is 15.9. The maximum absolute atomic E-state index is 12.6. The van der Waals surface area contributed by atoms with Crippen molar-refractivity contribution >= 4 is 34.6 Å². The summed E-state index contributed by atoms with van der Waals surface area (Å²) >= 11 is 1.42. The minimum Gasteiger partial charge on any atom is -0.290 e. The average Bonchev–Trinajstić information content (AvgIpc) is 2.87. The molecule has 0 atom stereocenters. The molecule has 4 heteroatoms. The van der Waals surface area contributed by atoms with Gasteiger partial charge < -0.3 is 0 Å². The van der Waals surface area contributed by atoms with Crippen LogP contribution in [0.15, 0.2) is 52.4 Å². The molecule has 2 aromatic carbocycles. The summed E-state index contributed by atoms with van der Waals surface area (Å²) < 4.78 is 0. The molecule has 3 rings (SSSR count). The number of hydrogen-bond donors (Lipinski definition) is 0. The van der Waals surface area contributed by atoms with E-state index in [-0.39, 0.29) is 5.91 Å². The molecule has 0 N–H and O–H groups in total. The van der Waals surface area contributed by atoms with Gasteiger partial charge in [0.2, 0.25) is 0 Å². The summed E-state index contributed by atoms with van der Waals surface area (Å²) in [5.41, 5.74) is 5.64. The van der Waals surface area contributed by atoms with Gasteiger partial charge in [0.1, 0.15) is 0 Å². The van der Waals surface area contributed by atoms with E-state index < -0.39 is 0 Å². The molecule has 0 unspecified atom stereocenters. The van der Waals surface area contributed by atoms with Crippen LogP contribution in [0.25, 0.3) is 6.08 Å². The van der Waals surface area contributed by atoms with Crippen LogP contribution in [0, 0.1) is 13.8 Å². The number of thioether (sulfide) groups is 1. The van der Waals surface area contributed by atoms with Crippen LogP contribution in [0.3, 0.4) is 0 Å². The molecule has 1 aliphatic heterocycles. The Morgan fingerprint density at radius 3 is 2.35 bits per heavy atom. The summed E-state index contributed by atoms with van der Waals surface area (Å²) in [5, 5.41) is 0.711. The van der Waals surface area contributed by atoms with E-state index in [1.807, 2.05) is 18.2 Å². The third-order valence-corrected chi connectivity index (χ3v) is 5.68. The lowest BCUT2D eigenvalue weighted by molar-refractivity contribution is -0.121. The van der Waals surface area contributed by atoms with Crippen molar-refractivity contribution in [3.05, 3.63) is 69.6 Å². The van der Waals surface area contributed by atoms with Crippen molar-refractivity contribution in [1.29, 1.82) is 0 Å². The minimum atomic E-state index is -0.00878. The number of aryl methyl sites for hydroxylation is 2. The molecule has 1 heterocycles. The Kier molecular flexibility index (Phi) is 5.33. The zero-order chi connectivity index (χ0) is 18.8. The Bertz CT molecular complexity index is 895. The van der Waals surface area contributed by atoms with Crippen molar-refractivity contribution in [2.45, 2.75) is 33.6 Å². The highest BCUT2D eigenvalue weighted by Crippen LogP contribution is 2.33. The van der Waals surface area contributed by atoms with Gasteiger partial charge in [-0.25, -0.2) is 4.99 Å². The van der Waals surface area contributed by atoms with Gasteiger partial charge in [-0.1, -0.05) is 44.2 Å². The fourth-order valence-electron chi connectivity index (χ4n) is 2.69. The van der Waals surface area contributed by atoms with Crippen LogP contribution in [-0.2, 0) is 4.79 Å². The lowest BCUT2D eigenvalue weighted by Gasteiger charge is -2.08. The number of amidine groups is 1. The molecule has 1 saturated heterocycles. The predicted octanol–water partition coefficient (Wildman–Crippen LogP) is 5.66. The van der Waals surface area contributed by atoms with E-state index in [9.17, 15) is 4.79 Å². The molecular weight excluding hydrogens is 340 g/mol. The Balaban J connectivity index is 1.85. The molecule has 1 fully saturated rings. The van der Waals surface area contributed by atoms with Crippen LogP contribution in [0.1, 0.15) is 42.0 Å². The second-order valence-electron chi connectivity index (χ2n) is 6.96. The third kappa shape index (κ3) is 3.91. The molecule has 0 bridgehead atoms. The topological polar surface area (TPSA) is 32.7 Å². The van der Waals surface area contributed by atoms with Crippen LogP contribution in [0.4, 0.5) is 5.69 Å². The van der Waals surface area contributed by atoms with E-state index >= 15 is 0 Å². The summed E-state index contributed by atoms with van der Waals surface area (Å²) in [6.45, 7) is 8.50. The van der Waals surface area contributed by atoms with Gasteiger partial charge in [0, 0.05) is 7.05 Å². The number of carbonyl (C=O) groups is 1. The fourth-order valence-corrected chi connectivity index (χ4v) is 3.67. The molecular formula is C22H24N2OS. The quantitative estimate of drug-likeness (QED) is 0.658. The second kappa shape index (κ2) is 7.50. The fraction of sp³-hybridized carbons (Fsp3) is 0.273. The van der Waals surface area contributed by atoms with E-state index in [0.29, 0.717) is 16.0 Å². The molecule has 0 spiro atoms. The van der Waals surface area contributed by atoms with Crippen molar-refractivity contribution in [2.75, 3.05) is 7.05 Å². The predicted molar refractivity (Wildman–Crippen MR) is 112 cm³/mol. The number of nitrogens with zero attached hydrogens (tertiary/aromatic N) is 2. The van der Waals surface area contributed by atoms with Crippen LogP contribution in [0.2, 0.25) is 0 Å². The highest BCUT2D eigenvalue weighted by molar-refractivity contribution is 8.18. The number of likely N-dealkylation sites (N-methyl/N-ethyl adjacent to an activating group) is 1. The summed E-state index contributed by atoms with van der Waals surface area (Å²) in [4.78, 5) is 19.5. The average molecular weight is 365 g/mol.